The molecule has 4 nitrogen and oxygen atoms in total. The van der Waals surface area contributed by atoms with Crippen molar-refractivity contribution >= 4 is 86.6 Å². The minimum atomic E-state index is 0.605. The van der Waals surface area contributed by atoms with E-state index in [0.29, 0.717) is 17.5 Å². The van der Waals surface area contributed by atoms with Gasteiger partial charge in [-0.15, -0.1) is 0 Å². The van der Waals surface area contributed by atoms with E-state index in [1.807, 2.05) is 60.7 Å². The number of hydrogen-bond acceptors (Lipinski definition) is 4. The maximum Gasteiger partial charge on any atom is 0.164 e. The zero-order valence-electron chi connectivity index (χ0n) is 35.0. The number of benzene rings is 11. The van der Waals surface area contributed by atoms with E-state index in [9.17, 15) is 0 Å². The molecular formula is C61H35N3O. The third-order valence-electron chi connectivity index (χ3n) is 13.4. The van der Waals surface area contributed by atoms with Crippen molar-refractivity contribution in [3.05, 3.63) is 212 Å². The molecule has 0 spiro atoms. The Labute approximate surface area is 373 Å². The van der Waals surface area contributed by atoms with E-state index in [1.54, 1.807) is 0 Å². The van der Waals surface area contributed by atoms with Crippen LogP contribution in [0.4, 0.5) is 0 Å². The molecule has 0 fully saturated rings. The largest absolute Gasteiger partial charge is 0.456 e. The molecule has 12 aromatic carbocycles. The van der Waals surface area contributed by atoms with E-state index in [0.717, 1.165) is 55.3 Å². The van der Waals surface area contributed by atoms with Crippen LogP contribution in [0.5, 0.6) is 0 Å². The van der Waals surface area contributed by atoms with Crippen molar-refractivity contribution in [2.75, 3.05) is 0 Å². The van der Waals surface area contributed by atoms with E-state index >= 15 is 0 Å². The van der Waals surface area contributed by atoms with Gasteiger partial charge in [-0.25, -0.2) is 15.0 Å². The average molecular weight is 826 g/mol. The van der Waals surface area contributed by atoms with Crippen LogP contribution in [0.15, 0.2) is 217 Å². The summed E-state index contributed by atoms with van der Waals surface area (Å²) in [6, 6.07) is 76.1. The topological polar surface area (TPSA) is 51.8 Å². The molecule has 2 heterocycles. The van der Waals surface area contributed by atoms with Gasteiger partial charge in [0.15, 0.2) is 17.5 Å². The first-order chi connectivity index (χ1) is 32.2. The Hall–Kier alpha value is -8.73. The van der Waals surface area contributed by atoms with Gasteiger partial charge in [-0.1, -0.05) is 176 Å². The van der Waals surface area contributed by atoms with Crippen LogP contribution < -0.4 is 0 Å². The maximum absolute atomic E-state index is 6.17. The summed E-state index contributed by atoms with van der Waals surface area (Å²) in [6.45, 7) is 0. The van der Waals surface area contributed by atoms with Crippen molar-refractivity contribution in [1.82, 2.24) is 15.0 Å². The van der Waals surface area contributed by atoms with Crippen molar-refractivity contribution in [1.29, 1.82) is 0 Å². The molecule has 0 saturated heterocycles. The summed E-state index contributed by atoms with van der Waals surface area (Å²) in [7, 11) is 0. The highest BCUT2D eigenvalue weighted by molar-refractivity contribution is 6.37. The first-order valence-corrected chi connectivity index (χ1v) is 22.1. The van der Waals surface area contributed by atoms with Gasteiger partial charge in [-0.2, -0.15) is 0 Å². The number of rotatable bonds is 5. The van der Waals surface area contributed by atoms with Crippen molar-refractivity contribution in [2.24, 2.45) is 0 Å². The lowest BCUT2D eigenvalue weighted by Gasteiger charge is -2.17. The molecular weight excluding hydrogens is 791 g/mol. The Balaban J connectivity index is 0.928. The van der Waals surface area contributed by atoms with Gasteiger partial charge in [-0.3, -0.25) is 0 Å². The van der Waals surface area contributed by atoms with Crippen molar-refractivity contribution < 1.29 is 4.42 Å². The summed E-state index contributed by atoms with van der Waals surface area (Å²) in [5.74, 6) is 1.84. The van der Waals surface area contributed by atoms with Crippen LogP contribution in [0.25, 0.3) is 143 Å². The van der Waals surface area contributed by atoms with Gasteiger partial charge in [0.05, 0.1) is 0 Å². The molecule has 0 radical (unpaired) electrons. The molecule has 0 aliphatic carbocycles. The van der Waals surface area contributed by atoms with Crippen LogP contribution >= 0.6 is 0 Å². The summed E-state index contributed by atoms with van der Waals surface area (Å²) in [6.07, 6.45) is 0. The fourth-order valence-electron chi connectivity index (χ4n) is 10.4. The van der Waals surface area contributed by atoms with Crippen LogP contribution in [-0.2, 0) is 0 Å². The lowest BCUT2D eigenvalue weighted by molar-refractivity contribution is 0.669. The molecule has 4 heteroatoms. The summed E-state index contributed by atoms with van der Waals surface area (Å²) >= 11 is 0. The number of aromatic nitrogens is 3. The summed E-state index contributed by atoms with van der Waals surface area (Å²) < 4.78 is 6.17. The minimum Gasteiger partial charge on any atom is -0.456 e. The van der Waals surface area contributed by atoms with Crippen LogP contribution in [0.3, 0.4) is 0 Å². The molecule has 14 aromatic rings. The van der Waals surface area contributed by atoms with Crippen LogP contribution in [0.1, 0.15) is 0 Å². The first kappa shape index (κ1) is 35.8. The van der Waals surface area contributed by atoms with Gasteiger partial charge >= 0.3 is 0 Å². The molecule has 2 aromatic heterocycles. The van der Waals surface area contributed by atoms with Gasteiger partial charge in [0, 0.05) is 27.5 Å². The van der Waals surface area contributed by atoms with E-state index in [1.165, 1.54) is 70.2 Å². The molecule has 300 valence electrons. The van der Waals surface area contributed by atoms with E-state index in [2.05, 4.69) is 152 Å². The molecule has 65 heavy (non-hydrogen) atoms. The monoisotopic (exact) mass is 825 g/mol. The van der Waals surface area contributed by atoms with Gasteiger partial charge in [-0.05, 0) is 123 Å². The summed E-state index contributed by atoms with van der Waals surface area (Å²) in [5.41, 5.74) is 8.91. The van der Waals surface area contributed by atoms with Gasteiger partial charge in [0.1, 0.15) is 11.2 Å². The molecule has 0 aliphatic heterocycles. The number of furan rings is 1. The van der Waals surface area contributed by atoms with Crippen molar-refractivity contribution in [3.8, 4) is 56.4 Å². The highest BCUT2D eigenvalue weighted by Gasteiger charge is 2.19. The number of nitrogens with zero attached hydrogens (tertiary/aromatic N) is 3. The zero-order valence-corrected chi connectivity index (χ0v) is 35.0. The number of para-hydroxylation sites is 1. The predicted molar refractivity (Wildman–Crippen MR) is 271 cm³/mol. The van der Waals surface area contributed by atoms with Gasteiger partial charge < -0.3 is 4.42 Å². The number of fused-ring (bicyclic) bond motifs is 5. The fourth-order valence-corrected chi connectivity index (χ4v) is 10.4. The van der Waals surface area contributed by atoms with E-state index in [4.69, 9.17) is 19.4 Å². The second-order valence-electron chi connectivity index (χ2n) is 17.1. The molecule has 0 aliphatic rings. The molecule has 0 N–H and O–H groups in total. The average Bonchev–Trinajstić information content (AvgIpc) is 3.75. The van der Waals surface area contributed by atoms with Gasteiger partial charge in [0.2, 0.25) is 0 Å². The summed E-state index contributed by atoms with van der Waals surface area (Å²) in [4.78, 5) is 15.4. The third-order valence-corrected chi connectivity index (χ3v) is 13.4. The first-order valence-electron chi connectivity index (χ1n) is 22.1. The SMILES string of the molecule is c1ccc(-c2nc(-c3ccc4oc5ccccc5c4c3)nc(-c3ccccc3-c3ccc(-c4cc5ccc6cccc7c8cccc9ccc%10cccc(c(c4)c5c67)c%10c98)cc3)n2)cc1. The van der Waals surface area contributed by atoms with Crippen molar-refractivity contribution in [3.63, 3.8) is 0 Å². The normalized spacial score (nSPS) is 12.0. The molecule has 0 bridgehead atoms. The highest BCUT2D eigenvalue weighted by Crippen LogP contribution is 2.45. The van der Waals surface area contributed by atoms with Crippen LogP contribution in [0, 0.1) is 0 Å². The van der Waals surface area contributed by atoms with E-state index in [-0.39, 0.29) is 0 Å². The second-order valence-corrected chi connectivity index (χ2v) is 17.1. The Bertz CT molecular complexity index is 4220. The lowest BCUT2D eigenvalue weighted by atomic mass is 9.86. The minimum absolute atomic E-state index is 0.605. The molecule has 0 saturated carbocycles. The lowest BCUT2D eigenvalue weighted by Crippen LogP contribution is -2.01. The summed E-state index contributed by atoms with van der Waals surface area (Å²) in [5, 5.41) is 17.4. The Morgan fingerprint density at radius 2 is 0.738 bits per heavy atom. The van der Waals surface area contributed by atoms with E-state index < -0.39 is 0 Å². The maximum atomic E-state index is 6.17. The van der Waals surface area contributed by atoms with Crippen molar-refractivity contribution in [2.45, 2.75) is 0 Å². The zero-order chi connectivity index (χ0) is 42.6. The highest BCUT2D eigenvalue weighted by atomic mass is 16.3. The Morgan fingerprint density at radius 3 is 1.45 bits per heavy atom. The molecule has 0 unspecified atom stereocenters. The molecule has 0 amide bonds. The molecule has 0 atom stereocenters. The van der Waals surface area contributed by atoms with Crippen LogP contribution in [-0.4, -0.2) is 15.0 Å². The van der Waals surface area contributed by atoms with Crippen LogP contribution in [0.2, 0.25) is 0 Å². The fraction of sp³-hybridized carbons (Fsp3) is 0. The Morgan fingerprint density at radius 1 is 0.246 bits per heavy atom. The standard InChI is InChI=1S/C61H35N3O/c1-2-11-41(12-3-1)59-62-60(43-31-32-54-51(34-43)46-17-6-7-22-53(46)65-54)64-61(63-59)50-18-5-4-16-45(50)37-25-23-36(24-26-37)44-33-42-30-29-40-14-9-20-48-47-19-8-13-38-27-28-39-15-10-21-49(57(39)55(38)47)52(35-44)58(42)56(40)48/h1-35H. The molecule has 14 rings (SSSR count). The third kappa shape index (κ3) is 5.54. The second kappa shape index (κ2) is 13.9. The quantitative estimate of drug-likeness (QED) is 0.162. The predicted octanol–water partition coefficient (Wildman–Crippen LogP) is 16.5. The number of hydrogen-bond donors (Lipinski definition) is 0. The van der Waals surface area contributed by atoms with Gasteiger partial charge in [0.25, 0.3) is 0 Å². The smallest absolute Gasteiger partial charge is 0.164 e. The Kier molecular flexibility index (Phi) is 7.65.